The predicted molar refractivity (Wildman–Crippen MR) is 74.5 cm³/mol. The fourth-order valence-electron chi connectivity index (χ4n) is 1.80. The van der Waals surface area contributed by atoms with Crippen LogP contribution in [0.4, 0.5) is 18.9 Å². The summed E-state index contributed by atoms with van der Waals surface area (Å²) in [6, 6.07) is 6.62. The standard InChI is InChI=1S/C14H10ClF3N2O2/c1-22-20(10-4-2-9(15)3-5-10)13(21)11-8-19-7-6-12(11)14(16,17)18/h2-8H,1H3. The van der Waals surface area contributed by atoms with Crippen molar-refractivity contribution in [3.63, 3.8) is 0 Å². The number of carbonyl (C=O) groups is 1. The number of halogens is 4. The molecule has 0 aliphatic heterocycles. The molecule has 0 N–H and O–H groups in total. The quantitative estimate of drug-likeness (QED) is 0.800. The van der Waals surface area contributed by atoms with Crippen molar-refractivity contribution < 1.29 is 22.8 Å². The van der Waals surface area contributed by atoms with Crippen LogP contribution >= 0.6 is 11.6 Å². The molecule has 1 heterocycles. The minimum Gasteiger partial charge on any atom is -0.269 e. The maximum absolute atomic E-state index is 13.0. The number of hydrogen-bond donors (Lipinski definition) is 0. The van der Waals surface area contributed by atoms with Gasteiger partial charge in [-0.25, -0.2) is 0 Å². The summed E-state index contributed by atoms with van der Waals surface area (Å²) in [5.41, 5.74) is -1.44. The van der Waals surface area contributed by atoms with E-state index >= 15 is 0 Å². The smallest absolute Gasteiger partial charge is 0.269 e. The number of alkyl halides is 3. The van der Waals surface area contributed by atoms with E-state index in [1.54, 1.807) is 0 Å². The topological polar surface area (TPSA) is 42.4 Å². The highest BCUT2D eigenvalue weighted by Gasteiger charge is 2.36. The maximum atomic E-state index is 13.0. The van der Waals surface area contributed by atoms with Crippen LogP contribution in [0.25, 0.3) is 0 Å². The Kier molecular flexibility index (Phi) is 4.68. The van der Waals surface area contributed by atoms with Gasteiger partial charge in [-0.15, -0.1) is 0 Å². The van der Waals surface area contributed by atoms with Crippen LogP contribution in [-0.2, 0) is 11.0 Å². The largest absolute Gasteiger partial charge is 0.417 e. The average molecular weight is 331 g/mol. The van der Waals surface area contributed by atoms with E-state index in [0.717, 1.165) is 23.5 Å². The fourth-order valence-corrected chi connectivity index (χ4v) is 1.93. The lowest BCUT2D eigenvalue weighted by Crippen LogP contribution is -2.31. The van der Waals surface area contributed by atoms with Crippen LogP contribution < -0.4 is 5.06 Å². The number of anilines is 1. The Morgan fingerprint density at radius 1 is 1.23 bits per heavy atom. The van der Waals surface area contributed by atoms with Crippen molar-refractivity contribution in [3.05, 3.63) is 58.9 Å². The van der Waals surface area contributed by atoms with Crippen LogP contribution in [0, 0.1) is 0 Å². The zero-order chi connectivity index (χ0) is 16.3. The third-order valence-electron chi connectivity index (χ3n) is 2.79. The molecule has 0 bridgehead atoms. The highest BCUT2D eigenvalue weighted by molar-refractivity contribution is 6.30. The first-order valence-corrected chi connectivity index (χ1v) is 6.37. The Morgan fingerprint density at radius 3 is 2.41 bits per heavy atom. The van der Waals surface area contributed by atoms with Gasteiger partial charge in [-0.1, -0.05) is 11.6 Å². The monoisotopic (exact) mass is 330 g/mol. The summed E-state index contributed by atoms with van der Waals surface area (Å²) in [6.45, 7) is 0. The number of aromatic nitrogens is 1. The van der Waals surface area contributed by atoms with Crippen LogP contribution in [0.1, 0.15) is 15.9 Å². The van der Waals surface area contributed by atoms with E-state index in [1.807, 2.05) is 0 Å². The minimum absolute atomic E-state index is 0.244. The molecule has 22 heavy (non-hydrogen) atoms. The molecule has 0 unspecified atom stereocenters. The first-order chi connectivity index (χ1) is 10.3. The first kappa shape index (κ1) is 16.3. The number of hydroxylamine groups is 1. The zero-order valence-corrected chi connectivity index (χ0v) is 12.0. The van der Waals surface area contributed by atoms with Crippen molar-refractivity contribution in [3.8, 4) is 0 Å². The lowest BCUT2D eigenvalue weighted by Gasteiger charge is -2.21. The van der Waals surface area contributed by atoms with Crippen molar-refractivity contribution in [1.82, 2.24) is 4.98 Å². The number of pyridine rings is 1. The maximum Gasteiger partial charge on any atom is 0.417 e. The van der Waals surface area contributed by atoms with Gasteiger partial charge in [0.05, 0.1) is 23.9 Å². The van der Waals surface area contributed by atoms with Gasteiger partial charge in [0.1, 0.15) is 0 Å². The Morgan fingerprint density at radius 2 is 1.86 bits per heavy atom. The van der Waals surface area contributed by atoms with Crippen LogP contribution in [-0.4, -0.2) is 18.0 Å². The van der Waals surface area contributed by atoms with Crippen molar-refractivity contribution in [1.29, 1.82) is 0 Å². The third-order valence-corrected chi connectivity index (χ3v) is 3.04. The number of rotatable bonds is 3. The fraction of sp³-hybridized carbons (Fsp3) is 0.143. The Hall–Kier alpha value is -2.12. The lowest BCUT2D eigenvalue weighted by atomic mass is 10.1. The molecule has 2 rings (SSSR count). The highest BCUT2D eigenvalue weighted by atomic mass is 35.5. The van der Waals surface area contributed by atoms with Gasteiger partial charge in [-0.05, 0) is 30.3 Å². The van der Waals surface area contributed by atoms with Crippen LogP contribution in [0.15, 0.2) is 42.7 Å². The molecule has 0 fully saturated rings. The average Bonchev–Trinajstić information content (AvgIpc) is 2.49. The third kappa shape index (κ3) is 3.37. The van der Waals surface area contributed by atoms with Gasteiger partial charge in [0.25, 0.3) is 5.91 Å². The Labute approximate surface area is 129 Å². The number of nitrogens with zero attached hydrogens (tertiary/aromatic N) is 2. The van der Waals surface area contributed by atoms with Crippen LogP contribution in [0.5, 0.6) is 0 Å². The van der Waals surface area contributed by atoms with Gasteiger partial charge < -0.3 is 0 Å². The van der Waals surface area contributed by atoms with Crippen molar-refractivity contribution in [2.75, 3.05) is 12.2 Å². The zero-order valence-electron chi connectivity index (χ0n) is 11.3. The summed E-state index contributed by atoms with van der Waals surface area (Å²) in [7, 11) is 1.18. The van der Waals surface area contributed by atoms with E-state index in [9.17, 15) is 18.0 Å². The molecule has 0 atom stereocenters. The first-order valence-electron chi connectivity index (χ1n) is 6.00. The summed E-state index contributed by atoms with van der Waals surface area (Å²) in [4.78, 5) is 20.8. The van der Waals surface area contributed by atoms with Crippen LogP contribution in [0.2, 0.25) is 5.02 Å². The summed E-state index contributed by atoms with van der Waals surface area (Å²) >= 11 is 5.74. The molecule has 1 amide bonds. The molecule has 1 aromatic heterocycles. The molecule has 4 nitrogen and oxygen atoms in total. The predicted octanol–water partition coefficient (Wildman–Crippen LogP) is 3.96. The second-order valence-corrected chi connectivity index (χ2v) is 4.61. The molecule has 116 valence electrons. The summed E-state index contributed by atoms with van der Waals surface area (Å²) in [6.07, 6.45) is -2.85. The minimum atomic E-state index is -4.67. The molecule has 1 aromatic carbocycles. The summed E-state index contributed by atoms with van der Waals surface area (Å²) in [5.74, 6) is -0.981. The van der Waals surface area contributed by atoms with Gasteiger partial charge in [-0.3, -0.25) is 14.6 Å². The van der Waals surface area contributed by atoms with E-state index in [0.29, 0.717) is 5.02 Å². The van der Waals surface area contributed by atoms with Crippen molar-refractivity contribution in [2.24, 2.45) is 0 Å². The molecular formula is C14H10ClF3N2O2. The molecule has 0 aliphatic rings. The number of amides is 1. The SMILES string of the molecule is CON(C(=O)c1cnccc1C(F)(F)F)c1ccc(Cl)cc1. The van der Waals surface area contributed by atoms with Gasteiger partial charge >= 0.3 is 6.18 Å². The molecule has 0 aliphatic carbocycles. The molecule has 0 spiro atoms. The van der Waals surface area contributed by atoms with Crippen LogP contribution in [0.3, 0.4) is 0 Å². The van der Waals surface area contributed by atoms with E-state index < -0.39 is 23.2 Å². The van der Waals surface area contributed by atoms with Crippen molar-refractivity contribution in [2.45, 2.75) is 6.18 Å². The van der Waals surface area contributed by atoms with Crippen molar-refractivity contribution >= 4 is 23.2 Å². The summed E-state index contributed by atoms with van der Waals surface area (Å²) in [5, 5.41) is 1.16. The van der Waals surface area contributed by atoms with Gasteiger partial charge in [-0.2, -0.15) is 18.2 Å². The molecule has 0 radical (unpaired) electrons. The Balaban J connectivity index is 2.44. The van der Waals surface area contributed by atoms with E-state index in [2.05, 4.69) is 4.98 Å². The molecule has 0 saturated heterocycles. The van der Waals surface area contributed by atoms with E-state index in [1.165, 1.54) is 31.4 Å². The normalized spacial score (nSPS) is 11.3. The van der Waals surface area contributed by atoms with Gasteiger partial charge in [0.2, 0.25) is 0 Å². The number of benzene rings is 1. The second kappa shape index (κ2) is 6.33. The van der Waals surface area contributed by atoms with Gasteiger partial charge in [0, 0.05) is 17.4 Å². The lowest BCUT2D eigenvalue weighted by molar-refractivity contribution is -0.138. The number of carbonyl (C=O) groups excluding carboxylic acids is 1. The Bertz CT molecular complexity index is 675. The van der Waals surface area contributed by atoms with E-state index in [-0.39, 0.29) is 5.69 Å². The molecular weight excluding hydrogens is 321 g/mol. The summed E-state index contributed by atoms with van der Waals surface area (Å²) < 4.78 is 38.9. The molecule has 8 heteroatoms. The van der Waals surface area contributed by atoms with Gasteiger partial charge in [0.15, 0.2) is 0 Å². The molecule has 2 aromatic rings. The highest BCUT2D eigenvalue weighted by Crippen LogP contribution is 2.32. The van der Waals surface area contributed by atoms with E-state index in [4.69, 9.17) is 16.4 Å². The molecule has 0 saturated carbocycles. The number of hydrogen-bond acceptors (Lipinski definition) is 3. The second-order valence-electron chi connectivity index (χ2n) is 4.18.